The number of hydrogen-bond donors (Lipinski definition) is 5. The molecule has 10 nitrogen and oxygen atoms in total. The van der Waals surface area contributed by atoms with Crippen LogP contribution in [0.1, 0.15) is 62.1 Å². The van der Waals surface area contributed by atoms with Gasteiger partial charge in [-0.3, -0.25) is 14.4 Å². The van der Waals surface area contributed by atoms with E-state index in [1.165, 1.54) is 6.42 Å². The van der Waals surface area contributed by atoms with Crippen molar-refractivity contribution in [2.24, 2.45) is 23.7 Å². The second-order valence-electron chi connectivity index (χ2n) is 12.7. The predicted octanol–water partition coefficient (Wildman–Crippen LogP) is 4.47. The third-order valence-electron chi connectivity index (χ3n) is 9.67. The van der Waals surface area contributed by atoms with Crippen LogP contribution >= 0.6 is 0 Å². The quantitative estimate of drug-likeness (QED) is 0.207. The van der Waals surface area contributed by atoms with Gasteiger partial charge in [0.15, 0.2) is 0 Å². The molecule has 0 spiro atoms. The van der Waals surface area contributed by atoms with Crippen molar-refractivity contribution in [1.82, 2.24) is 20.9 Å². The molecular weight excluding hydrogens is 560 g/mol. The topological polar surface area (TPSA) is 150 Å². The maximum atomic E-state index is 13.7. The Labute approximate surface area is 256 Å². The Balaban J connectivity index is 1.15. The van der Waals surface area contributed by atoms with Crippen LogP contribution in [0.15, 0.2) is 60.8 Å². The first-order chi connectivity index (χ1) is 21.3. The molecule has 5 N–H and O–H groups in total. The van der Waals surface area contributed by atoms with Crippen molar-refractivity contribution < 1.29 is 29.0 Å². The van der Waals surface area contributed by atoms with Gasteiger partial charge in [-0.05, 0) is 73.0 Å². The Morgan fingerprint density at radius 3 is 2.25 bits per heavy atom. The lowest BCUT2D eigenvalue weighted by molar-refractivity contribution is -0.138. The lowest BCUT2D eigenvalue weighted by atomic mass is 9.55. The number of carbonyl (C=O) groups excluding carboxylic acids is 3. The van der Waals surface area contributed by atoms with Crippen molar-refractivity contribution >= 4 is 34.8 Å². The van der Waals surface area contributed by atoms with Crippen LogP contribution in [0.25, 0.3) is 10.9 Å². The molecule has 7 rings (SSSR count). The summed E-state index contributed by atoms with van der Waals surface area (Å²) in [6, 6.07) is 15.5. The number of alkyl carbamates (subject to hydrolysis) is 1. The van der Waals surface area contributed by atoms with Gasteiger partial charge in [-0.2, -0.15) is 0 Å². The SMILES string of the molecule is O=C(O)CCC(=O)N[C@@H](CNC(=O)[C@H](Cc1c[nH]c2ccccc12)NC(=O)OC1C2CC3CC(C2)CC1C3)c1ccccc1. The van der Waals surface area contributed by atoms with Gasteiger partial charge in [0.25, 0.3) is 0 Å². The maximum Gasteiger partial charge on any atom is 0.408 e. The van der Waals surface area contributed by atoms with Crippen molar-refractivity contribution in [3.63, 3.8) is 0 Å². The predicted molar refractivity (Wildman–Crippen MR) is 163 cm³/mol. The van der Waals surface area contributed by atoms with E-state index in [0.717, 1.165) is 59.5 Å². The minimum atomic E-state index is -1.06. The number of para-hydroxylation sites is 1. The molecule has 4 aliphatic rings. The van der Waals surface area contributed by atoms with E-state index in [4.69, 9.17) is 9.84 Å². The Morgan fingerprint density at radius 1 is 0.864 bits per heavy atom. The number of carboxylic acid groups (broad SMARTS) is 1. The number of hydrogen-bond acceptors (Lipinski definition) is 5. The highest BCUT2D eigenvalue weighted by Crippen LogP contribution is 2.54. The molecule has 10 heteroatoms. The Hall–Kier alpha value is -4.34. The fourth-order valence-electron chi connectivity index (χ4n) is 7.85. The van der Waals surface area contributed by atoms with Crippen molar-refractivity contribution in [3.05, 3.63) is 71.9 Å². The number of benzene rings is 2. The van der Waals surface area contributed by atoms with Crippen LogP contribution in [-0.2, 0) is 25.5 Å². The van der Waals surface area contributed by atoms with Crippen molar-refractivity contribution in [3.8, 4) is 0 Å². The van der Waals surface area contributed by atoms with E-state index < -0.39 is 36.0 Å². The molecule has 44 heavy (non-hydrogen) atoms. The standard InChI is InChI=1S/C34H40N4O6/c39-30(10-11-31(40)41)37-29(22-6-2-1-3-7-22)19-36-33(42)28(17-25-18-35-27-9-5-4-8-26(25)27)38-34(43)44-32-23-13-20-12-21(15-23)16-24(32)14-20/h1-9,18,20-21,23-24,28-29,32,35H,10-17,19H2,(H,36,42)(H,37,39)(H,38,43)(H,40,41)/t20?,21?,23?,24?,28-,29-,32?/m0/s1. The Kier molecular flexibility index (Phi) is 8.86. The lowest BCUT2D eigenvalue weighted by Gasteiger charge is -2.53. The highest BCUT2D eigenvalue weighted by atomic mass is 16.6. The first kappa shape index (κ1) is 29.7. The second-order valence-corrected chi connectivity index (χ2v) is 12.7. The Bertz CT molecular complexity index is 1480. The van der Waals surface area contributed by atoms with E-state index in [-0.39, 0.29) is 31.9 Å². The third kappa shape index (κ3) is 6.90. The summed E-state index contributed by atoms with van der Waals surface area (Å²) < 4.78 is 6.07. The molecule has 2 atom stereocenters. The summed E-state index contributed by atoms with van der Waals surface area (Å²) in [5.41, 5.74) is 2.59. The van der Waals surface area contributed by atoms with Gasteiger partial charge < -0.3 is 30.8 Å². The molecule has 4 fully saturated rings. The first-order valence-electron chi connectivity index (χ1n) is 15.7. The van der Waals surface area contributed by atoms with Crippen molar-refractivity contribution in [2.45, 2.75) is 69.6 Å². The van der Waals surface area contributed by atoms with Gasteiger partial charge in [0.2, 0.25) is 11.8 Å². The van der Waals surface area contributed by atoms with Gasteiger partial charge in [0.05, 0.1) is 12.5 Å². The molecule has 0 aliphatic heterocycles. The summed E-state index contributed by atoms with van der Waals surface area (Å²) >= 11 is 0. The highest BCUT2D eigenvalue weighted by molar-refractivity contribution is 5.88. The van der Waals surface area contributed by atoms with E-state index in [1.807, 2.05) is 60.8 Å². The van der Waals surface area contributed by atoms with Crippen LogP contribution in [0.5, 0.6) is 0 Å². The van der Waals surface area contributed by atoms with E-state index >= 15 is 0 Å². The minimum absolute atomic E-state index is 0.0539. The number of nitrogens with one attached hydrogen (secondary N) is 4. The van der Waals surface area contributed by atoms with Crippen LogP contribution in [0.4, 0.5) is 4.79 Å². The third-order valence-corrected chi connectivity index (χ3v) is 9.67. The number of rotatable bonds is 12. The van der Waals surface area contributed by atoms with E-state index in [0.29, 0.717) is 11.8 Å². The van der Waals surface area contributed by atoms with Crippen molar-refractivity contribution in [1.29, 1.82) is 0 Å². The van der Waals surface area contributed by atoms with Gasteiger partial charge in [-0.15, -0.1) is 0 Å². The van der Waals surface area contributed by atoms with Crippen LogP contribution in [-0.4, -0.2) is 52.7 Å². The average Bonchev–Trinajstić information content (AvgIpc) is 3.42. The molecule has 4 saturated carbocycles. The van der Waals surface area contributed by atoms with E-state index in [9.17, 15) is 19.2 Å². The molecule has 3 aromatic rings. The molecule has 232 valence electrons. The number of ether oxygens (including phenoxy) is 1. The zero-order chi connectivity index (χ0) is 30.6. The van der Waals surface area contributed by atoms with Gasteiger partial charge in [0.1, 0.15) is 12.1 Å². The number of aromatic nitrogens is 1. The van der Waals surface area contributed by atoms with Crippen LogP contribution < -0.4 is 16.0 Å². The van der Waals surface area contributed by atoms with E-state index in [1.54, 1.807) is 0 Å². The molecule has 0 unspecified atom stereocenters. The number of carboxylic acids is 1. The summed E-state index contributed by atoms with van der Waals surface area (Å²) in [5, 5.41) is 18.6. The zero-order valence-electron chi connectivity index (χ0n) is 24.7. The summed E-state index contributed by atoms with van der Waals surface area (Å²) in [6.45, 7) is 0.0539. The summed E-state index contributed by atoms with van der Waals surface area (Å²) in [4.78, 5) is 53.8. The molecular formula is C34H40N4O6. The maximum absolute atomic E-state index is 13.7. The fraction of sp³-hybridized carbons (Fsp3) is 0.471. The number of aliphatic carboxylic acids is 1. The zero-order valence-corrected chi connectivity index (χ0v) is 24.7. The normalized spacial score (nSPS) is 24.8. The van der Waals surface area contributed by atoms with Gasteiger partial charge in [-0.1, -0.05) is 48.5 Å². The molecule has 3 amide bonds. The second kappa shape index (κ2) is 13.1. The number of aromatic amines is 1. The van der Waals surface area contributed by atoms with Crippen LogP contribution in [0.2, 0.25) is 0 Å². The van der Waals surface area contributed by atoms with Crippen LogP contribution in [0.3, 0.4) is 0 Å². The number of H-pyrrole nitrogens is 1. The largest absolute Gasteiger partial charge is 0.481 e. The molecule has 4 bridgehead atoms. The fourth-order valence-corrected chi connectivity index (χ4v) is 7.85. The molecule has 1 aromatic heterocycles. The molecule has 2 aromatic carbocycles. The molecule has 4 aliphatic carbocycles. The lowest BCUT2D eigenvalue weighted by Crippen LogP contribution is -2.53. The molecule has 0 saturated heterocycles. The van der Waals surface area contributed by atoms with E-state index in [2.05, 4.69) is 20.9 Å². The molecule has 1 heterocycles. The van der Waals surface area contributed by atoms with Gasteiger partial charge in [0, 0.05) is 36.5 Å². The van der Waals surface area contributed by atoms with Crippen molar-refractivity contribution in [2.75, 3.05) is 6.54 Å². The van der Waals surface area contributed by atoms with Crippen LogP contribution in [0, 0.1) is 23.7 Å². The number of amides is 3. The Morgan fingerprint density at radius 2 is 1.55 bits per heavy atom. The smallest absolute Gasteiger partial charge is 0.408 e. The summed E-state index contributed by atoms with van der Waals surface area (Å²) in [7, 11) is 0. The summed E-state index contributed by atoms with van der Waals surface area (Å²) in [6.07, 6.45) is 6.71. The highest BCUT2D eigenvalue weighted by Gasteiger charge is 2.50. The number of fused-ring (bicyclic) bond motifs is 1. The molecule has 0 radical (unpaired) electrons. The van der Waals surface area contributed by atoms with Gasteiger partial charge >= 0.3 is 12.1 Å². The minimum Gasteiger partial charge on any atom is -0.481 e. The van der Waals surface area contributed by atoms with Gasteiger partial charge in [-0.25, -0.2) is 4.79 Å². The number of carbonyl (C=O) groups is 4. The first-order valence-corrected chi connectivity index (χ1v) is 15.7. The summed E-state index contributed by atoms with van der Waals surface area (Å²) in [5.74, 6) is 0.409. The average molecular weight is 601 g/mol. The monoisotopic (exact) mass is 600 g/mol.